The molecule has 2 fully saturated rings. The van der Waals surface area contributed by atoms with Gasteiger partial charge in [-0.3, -0.25) is 9.59 Å². The molecule has 3 heteroatoms. The van der Waals surface area contributed by atoms with E-state index in [4.69, 9.17) is 6.42 Å². The summed E-state index contributed by atoms with van der Waals surface area (Å²) in [6.45, 7) is 4.07. The maximum absolute atomic E-state index is 12.6. The van der Waals surface area contributed by atoms with E-state index in [-0.39, 0.29) is 22.9 Å². The highest BCUT2D eigenvalue weighted by atomic mass is 16.3. The van der Waals surface area contributed by atoms with E-state index in [0.717, 1.165) is 43.2 Å². The molecule has 2 saturated carbocycles. The van der Waals surface area contributed by atoms with Crippen LogP contribution < -0.4 is 0 Å². The van der Waals surface area contributed by atoms with E-state index in [1.165, 1.54) is 16.7 Å². The fourth-order valence-electron chi connectivity index (χ4n) is 7.28. The number of aliphatic hydroxyl groups is 1. The Labute approximate surface area is 191 Å². The van der Waals surface area contributed by atoms with Crippen molar-refractivity contribution < 1.29 is 14.7 Å². The summed E-state index contributed by atoms with van der Waals surface area (Å²) in [6.07, 6.45) is 14.1. The fraction of sp³-hybridized carbons (Fsp3) is 0.517. The molecule has 5 atom stereocenters. The molecule has 32 heavy (non-hydrogen) atoms. The van der Waals surface area contributed by atoms with Gasteiger partial charge < -0.3 is 5.11 Å². The van der Waals surface area contributed by atoms with Crippen LogP contribution in [-0.2, 0) is 4.79 Å². The Bertz CT molecular complexity index is 1080. The van der Waals surface area contributed by atoms with Crippen molar-refractivity contribution in [2.45, 2.75) is 76.7 Å². The number of hydrogen-bond donors (Lipinski definition) is 1. The lowest BCUT2D eigenvalue weighted by Gasteiger charge is -2.51. The van der Waals surface area contributed by atoms with Crippen molar-refractivity contribution in [2.75, 3.05) is 0 Å². The van der Waals surface area contributed by atoms with Crippen LogP contribution in [0.25, 0.3) is 0 Å². The molecule has 0 heterocycles. The standard InChI is InChI=1S/C29H32O3/c1-4-26(31)19-8-6-18(7-9-19)24-17-21(30)16-20-10-11-22-23(27(20)24)12-14-28(3)25(22)13-15-29(28,32)5-2/h2,6-9,16,22,24-25,32H,4,10-15,17H2,1,3H3/t22-,24+,25+,28+,29+/m1/s1. The summed E-state index contributed by atoms with van der Waals surface area (Å²) >= 11 is 0. The first kappa shape index (κ1) is 21.4. The summed E-state index contributed by atoms with van der Waals surface area (Å²) in [6, 6.07) is 7.91. The van der Waals surface area contributed by atoms with E-state index < -0.39 is 5.60 Å². The van der Waals surface area contributed by atoms with Crippen molar-refractivity contribution in [3.63, 3.8) is 0 Å². The van der Waals surface area contributed by atoms with E-state index in [0.29, 0.717) is 31.1 Å². The number of allylic oxidation sites excluding steroid dienone is 4. The molecule has 3 nitrogen and oxygen atoms in total. The zero-order valence-corrected chi connectivity index (χ0v) is 19.1. The fourth-order valence-corrected chi connectivity index (χ4v) is 7.28. The normalized spacial score (nSPS) is 36.0. The molecule has 4 aliphatic rings. The number of fused-ring (bicyclic) bond motifs is 4. The minimum absolute atomic E-state index is 0.0587. The molecular formula is C29H32O3. The van der Waals surface area contributed by atoms with Crippen LogP contribution in [0.15, 0.2) is 47.1 Å². The zero-order chi connectivity index (χ0) is 22.7. The van der Waals surface area contributed by atoms with Gasteiger partial charge in [-0.2, -0.15) is 0 Å². The molecule has 0 spiro atoms. The molecule has 0 bridgehead atoms. The molecule has 0 saturated heterocycles. The Kier molecular flexibility index (Phi) is 5.06. The maximum atomic E-state index is 12.6. The van der Waals surface area contributed by atoms with Crippen LogP contribution in [0.1, 0.15) is 87.1 Å². The van der Waals surface area contributed by atoms with Crippen LogP contribution in [0.2, 0.25) is 0 Å². The number of ketones is 2. The van der Waals surface area contributed by atoms with Crippen LogP contribution in [0.4, 0.5) is 0 Å². The second-order valence-corrected chi connectivity index (χ2v) is 10.4. The van der Waals surface area contributed by atoms with Crippen molar-refractivity contribution >= 4 is 11.6 Å². The molecule has 0 unspecified atom stereocenters. The quantitative estimate of drug-likeness (QED) is 0.508. The predicted octanol–water partition coefficient (Wildman–Crippen LogP) is 5.54. The van der Waals surface area contributed by atoms with Crippen molar-refractivity contribution in [3.05, 3.63) is 58.2 Å². The number of hydrogen-bond acceptors (Lipinski definition) is 3. The van der Waals surface area contributed by atoms with Gasteiger partial charge in [0.2, 0.25) is 0 Å². The van der Waals surface area contributed by atoms with E-state index in [1.54, 1.807) is 0 Å². The predicted molar refractivity (Wildman–Crippen MR) is 125 cm³/mol. The molecule has 0 amide bonds. The Morgan fingerprint density at radius 1 is 1.19 bits per heavy atom. The molecule has 0 aromatic heterocycles. The average Bonchev–Trinajstić information content (AvgIpc) is 3.09. The smallest absolute Gasteiger partial charge is 0.162 e. The number of terminal acetylenes is 1. The largest absolute Gasteiger partial charge is 0.377 e. The first-order chi connectivity index (χ1) is 15.3. The molecule has 1 aromatic rings. The summed E-state index contributed by atoms with van der Waals surface area (Å²) in [4.78, 5) is 24.7. The SMILES string of the molecule is C#C[C@]1(O)CC[C@H]2[C@@H]3CCC4=CC(=O)C[C@@H](c5ccc(C(=O)CC)cc5)C4=C3CC[C@@]21C. The number of benzene rings is 1. The number of rotatable bonds is 3. The summed E-state index contributed by atoms with van der Waals surface area (Å²) in [5.74, 6) is 3.97. The van der Waals surface area contributed by atoms with Gasteiger partial charge in [0.25, 0.3) is 0 Å². The number of carbonyl (C=O) groups is 2. The van der Waals surface area contributed by atoms with Gasteiger partial charge in [-0.1, -0.05) is 49.6 Å². The second-order valence-electron chi connectivity index (χ2n) is 10.4. The van der Waals surface area contributed by atoms with Crippen LogP contribution in [-0.4, -0.2) is 22.3 Å². The first-order valence-corrected chi connectivity index (χ1v) is 12.1. The second kappa shape index (κ2) is 7.56. The van der Waals surface area contributed by atoms with Gasteiger partial charge in [0.05, 0.1) is 0 Å². The van der Waals surface area contributed by atoms with E-state index in [9.17, 15) is 14.7 Å². The molecule has 4 aliphatic carbocycles. The third-order valence-electron chi connectivity index (χ3n) is 9.13. The van der Waals surface area contributed by atoms with Crippen LogP contribution in [0, 0.1) is 29.6 Å². The Hall–Kier alpha value is -2.44. The van der Waals surface area contributed by atoms with E-state index in [1.807, 2.05) is 37.3 Å². The highest BCUT2D eigenvalue weighted by Crippen LogP contribution is 2.64. The molecule has 1 aromatic carbocycles. The lowest BCUT2D eigenvalue weighted by Crippen LogP contribution is -2.49. The lowest BCUT2D eigenvalue weighted by molar-refractivity contribution is -0.115. The monoisotopic (exact) mass is 428 g/mol. The highest BCUT2D eigenvalue weighted by Gasteiger charge is 2.60. The summed E-state index contributed by atoms with van der Waals surface area (Å²) < 4.78 is 0. The highest BCUT2D eigenvalue weighted by molar-refractivity contribution is 5.96. The minimum Gasteiger partial charge on any atom is -0.377 e. The van der Waals surface area contributed by atoms with Crippen LogP contribution >= 0.6 is 0 Å². The molecule has 0 aliphatic heterocycles. The average molecular weight is 429 g/mol. The van der Waals surface area contributed by atoms with Gasteiger partial charge >= 0.3 is 0 Å². The van der Waals surface area contributed by atoms with Gasteiger partial charge in [-0.05, 0) is 73.1 Å². The summed E-state index contributed by atoms with van der Waals surface area (Å²) in [5.41, 5.74) is 4.69. The molecule has 1 N–H and O–H groups in total. The zero-order valence-electron chi connectivity index (χ0n) is 19.1. The molecule has 0 radical (unpaired) electrons. The molecule has 5 rings (SSSR count). The van der Waals surface area contributed by atoms with Crippen molar-refractivity contribution in [3.8, 4) is 12.3 Å². The van der Waals surface area contributed by atoms with Gasteiger partial charge in [-0.25, -0.2) is 0 Å². The number of carbonyl (C=O) groups excluding carboxylic acids is 2. The van der Waals surface area contributed by atoms with Gasteiger partial charge in [0.15, 0.2) is 11.6 Å². The van der Waals surface area contributed by atoms with Gasteiger partial charge in [-0.15, -0.1) is 6.42 Å². The maximum Gasteiger partial charge on any atom is 0.162 e. The third-order valence-corrected chi connectivity index (χ3v) is 9.13. The van der Waals surface area contributed by atoms with Gasteiger partial charge in [0, 0.05) is 29.7 Å². The van der Waals surface area contributed by atoms with Crippen molar-refractivity contribution in [1.29, 1.82) is 0 Å². The summed E-state index contributed by atoms with van der Waals surface area (Å²) in [5, 5.41) is 11.2. The molecular weight excluding hydrogens is 396 g/mol. The van der Waals surface area contributed by atoms with Crippen LogP contribution in [0.3, 0.4) is 0 Å². The lowest BCUT2D eigenvalue weighted by atomic mass is 9.54. The summed E-state index contributed by atoms with van der Waals surface area (Å²) in [7, 11) is 0. The van der Waals surface area contributed by atoms with Crippen molar-refractivity contribution in [2.24, 2.45) is 17.3 Å². The van der Waals surface area contributed by atoms with E-state index in [2.05, 4.69) is 12.8 Å². The van der Waals surface area contributed by atoms with Gasteiger partial charge in [0.1, 0.15) is 5.60 Å². The topological polar surface area (TPSA) is 54.4 Å². The first-order valence-electron chi connectivity index (χ1n) is 12.1. The Balaban J connectivity index is 1.56. The Morgan fingerprint density at radius 3 is 2.62 bits per heavy atom. The van der Waals surface area contributed by atoms with E-state index >= 15 is 0 Å². The Morgan fingerprint density at radius 2 is 1.94 bits per heavy atom. The number of Topliss-reactive ketones (excluding diaryl/α,β-unsaturated/α-hetero) is 1. The minimum atomic E-state index is -1.01. The van der Waals surface area contributed by atoms with Crippen LogP contribution in [0.5, 0.6) is 0 Å². The molecule has 166 valence electrons. The van der Waals surface area contributed by atoms with Crippen molar-refractivity contribution in [1.82, 2.24) is 0 Å². The third kappa shape index (κ3) is 3.00.